The van der Waals surface area contributed by atoms with Gasteiger partial charge in [0.15, 0.2) is 15.5 Å². The van der Waals surface area contributed by atoms with Gasteiger partial charge in [-0.25, -0.2) is 13.4 Å². The van der Waals surface area contributed by atoms with Crippen molar-refractivity contribution >= 4 is 21.6 Å². The molecule has 8 heteroatoms. The van der Waals surface area contributed by atoms with Crippen LogP contribution in [0.25, 0.3) is 0 Å². The van der Waals surface area contributed by atoms with Gasteiger partial charge in [-0.1, -0.05) is 6.07 Å². The minimum Gasteiger partial charge on any atom is -0.305 e. The number of aromatic nitrogens is 3. The molecule has 1 unspecified atom stereocenters. The highest BCUT2D eigenvalue weighted by Crippen LogP contribution is 2.42. The fraction of sp³-hybridized carbons (Fsp3) is 0.438. The zero-order valence-electron chi connectivity index (χ0n) is 13.1. The Balaban J connectivity index is 1.60. The van der Waals surface area contributed by atoms with Crippen LogP contribution in [0.2, 0.25) is 0 Å². The van der Waals surface area contributed by atoms with Gasteiger partial charge >= 0.3 is 0 Å². The van der Waals surface area contributed by atoms with Crippen LogP contribution in [0.3, 0.4) is 0 Å². The molecule has 126 valence electrons. The molecule has 1 aliphatic heterocycles. The molecule has 3 heterocycles. The van der Waals surface area contributed by atoms with Crippen molar-refractivity contribution in [3.05, 3.63) is 41.9 Å². The van der Waals surface area contributed by atoms with Gasteiger partial charge in [0, 0.05) is 17.8 Å². The Morgan fingerprint density at radius 2 is 2.08 bits per heavy atom. The van der Waals surface area contributed by atoms with E-state index in [1.807, 2.05) is 0 Å². The Kier molecular flexibility index (Phi) is 3.64. The van der Waals surface area contributed by atoms with Crippen molar-refractivity contribution in [2.24, 2.45) is 0 Å². The molecule has 0 spiro atoms. The first-order valence-corrected chi connectivity index (χ1v) is 9.86. The summed E-state index contributed by atoms with van der Waals surface area (Å²) < 4.78 is 25.3. The molecule has 0 radical (unpaired) electrons. The van der Waals surface area contributed by atoms with Crippen LogP contribution < -0.4 is 5.32 Å². The predicted molar refractivity (Wildman–Crippen MR) is 88.7 cm³/mol. The monoisotopic (exact) mass is 346 g/mol. The average Bonchev–Trinajstić information content (AvgIpc) is 3.20. The molecule has 2 aromatic heterocycles. The SMILES string of the molecule is O=C(Nc1ccccn1)c1cc(C2CC2)n(C2CCS(=O)(=O)C2)n1. The molecule has 2 aromatic rings. The summed E-state index contributed by atoms with van der Waals surface area (Å²) in [6.45, 7) is 0. The Hall–Kier alpha value is -2.22. The number of amides is 1. The third kappa shape index (κ3) is 3.06. The second kappa shape index (κ2) is 5.70. The minimum atomic E-state index is -3.00. The van der Waals surface area contributed by atoms with E-state index in [1.165, 1.54) is 0 Å². The Labute approximate surface area is 140 Å². The topological polar surface area (TPSA) is 94.0 Å². The van der Waals surface area contributed by atoms with Crippen LogP contribution in [0.15, 0.2) is 30.5 Å². The summed E-state index contributed by atoms with van der Waals surface area (Å²) in [6, 6.07) is 6.90. The highest BCUT2D eigenvalue weighted by atomic mass is 32.2. The fourth-order valence-electron chi connectivity index (χ4n) is 3.08. The maximum Gasteiger partial charge on any atom is 0.277 e. The van der Waals surface area contributed by atoms with Crippen LogP contribution in [-0.4, -0.2) is 40.6 Å². The maximum absolute atomic E-state index is 12.4. The van der Waals surface area contributed by atoms with Crippen molar-refractivity contribution in [2.75, 3.05) is 16.8 Å². The van der Waals surface area contributed by atoms with Crippen LogP contribution in [-0.2, 0) is 9.84 Å². The molecule has 1 atom stereocenters. The largest absolute Gasteiger partial charge is 0.305 e. The summed E-state index contributed by atoms with van der Waals surface area (Å²) in [5, 5.41) is 7.15. The molecule has 1 saturated heterocycles. The molecule has 7 nitrogen and oxygen atoms in total. The standard InChI is InChI=1S/C16H18N4O3S/c21-16(18-15-3-1-2-7-17-15)13-9-14(11-4-5-11)20(19-13)12-6-8-24(22,23)10-12/h1-3,7,9,11-12H,4-6,8,10H2,(H,17,18,21). The fourth-order valence-corrected chi connectivity index (χ4v) is 4.77. The van der Waals surface area contributed by atoms with Gasteiger partial charge in [0.05, 0.1) is 17.5 Å². The number of nitrogens with zero attached hydrogens (tertiary/aromatic N) is 3. The number of carbonyl (C=O) groups excluding carboxylic acids is 1. The van der Waals surface area contributed by atoms with Crippen LogP contribution in [0, 0.1) is 0 Å². The lowest BCUT2D eigenvalue weighted by Crippen LogP contribution is -2.17. The predicted octanol–water partition coefficient (Wildman–Crippen LogP) is 1.77. The molecule has 2 aliphatic rings. The molecular formula is C16H18N4O3S. The number of rotatable bonds is 4. The number of nitrogens with one attached hydrogen (secondary N) is 1. The average molecular weight is 346 g/mol. The lowest BCUT2D eigenvalue weighted by Gasteiger charge is -2.12. The molecule has 1 saturated carbocycles. The van der Waals surface area contributed by atoms with E-state index in [9.17, 15) is 13.2 Å². The van der Waals surface area contributed by atoms with Gasteiger partial charge in [0.25, 0.3) is 5.91 Å². The van der Waals surface area contributed by atoms with Crippen molar-refractivity contribution in [1.29, 1.82) is 0 Å². The van der Waals surface area contributed by atoms with E-state index in [0.29, 0.717) is 23.9 Å². The highest BCUT2D eigenvalue weighted by molar-refractivity contribution is 7.91. The van der Waals surface area contributed by atoms with Crippen molar-refractivity contribution in [3.8, 4) is 0 Å². The van der Waals surface area contributed by atoms with Gasteiger partial charge in [-0.15, -0.1) is 0 Å². The van der Waals surface area contributed by atoms with Gasteiger partial charge in [0.2, 0.25) is 0 Å². The molecule has 4 rings (SSSR count). The minimum absolute atomic E-state index is 0.107. The second-order valence-electron chi connectivity index (χ2n) is 6.40. The summed E-state index contributed by atoms with van der Waals surface area (Å²) >= 11 is 0. The summed E-state index contributed by atoms with van der Waals surface area (Å²) in [5.41, 5.74) is 1.29. The molecule has 24 heavy (non-hydrogen) atoms. The molecule has 0 aromatic carbocycles. The van der Waals surface area contributed by atoms with Crippen molar-refractivity contribution in [3.63, 3.8) is 0 Å². The third-order valence-electron chi connectivity index (χ3n) is 4.45. The zero-order chi connectivity index (χ0) is 16.7. The van der Waals surface area contributed by atoms with Crippen molar-refractivity contribution in [1.82, 2.24) is 14.8 Å². The quantitative estimate of drug-likeness (QED) is 0.910. The summed E-state index contributed by atoms with van der Waals surface area (Å²) in [6.07, 6.45) is 4.29. The molecule has 1 aliphatic carbocycles. The summed E-state index contributed by atoms with van der Waals surface area (Å²) in [5.74, 6) is 0.827. The van der Waals surface area contributed by atoms with E-state index in [4.69, 9.17) is 0 Å². The molecule has 2 fully saturated rings. The van der Waals surface area contributed by atoms with Gasteiger partial charge in [-0.05, 0) is 37.5 Å². The van der Waals surface area contributed by atoms with E-state index in [0.717, 1.165) is 18.5 Å². The summed E-state index contributed by atoms with van der Waals surface area (Å²) in [4.78, 5) is 16.5. The lowest BCUT2D eigenvalue weighted by atomic mass is 10.2. The van der Waals surface area contributed by atoms with E-state index < -0.39 is 9.84 Å². The van der Waals surface area contributed by atoms with E-state index in [-0.39, 0.29) is 23.5 Å². The first-order valence-electron chi connectivity index (χ1n) is 8.04. The van der Waals surface area contributed by atoms with E-state index in [1.54, 1.807) is 35.1 Å². The number of carbonyl (C=O) groups is 1. The van der Waals surface area contributed by atoms with Crippen LogP contribution in [0.5, 0.6) is 0 Å². The Bertz CT molecular complexity index is 872. The van der Waals surface area contributed by atoms with Gasteiger partial charge in [-0.2, -0.15) is 5.10 Å². The number of hydrogen-bond donors (Lipinski definition) is 1. The van der Waals surface area contributed by atoms with Crippen molar-refractivity contribution in [2.45, 2.75) is 31.2 Å². The van der Waals surface area contributed by atoms with Crippen molar-refractivity contribution < 1.29 is 13.2 Å². The number of sulfone groups is 1. The highest BCUT2D eigenvalue weighted by Gasteiger charge is 2.36. The van der Waals surface area contributed by atoms with Crippen LogP contribution in [0.4, 0.5) is 5.82 Å². The number of anilines is 1. The number of pyridine rings is 1. The zero-order valence-corrected chi connectivity index (χ0v) is 13.9. The molecule has 0 bridgehead atoms. The maximum atomic E-state index is 12.4. The van der Waals surface area contributed by atoms with Gasteiger partial charge in [-0.3, -0.25) is 9.48 Å². The molecule has 1 amide bonds. The lowest BCUT2D eigenvalue weighted by molar-refractivity contribution is 0.102. The second-order valence-corrected chi connectivity index (χ2v) is 8.63. The smallest absolute Gasteiger partial charge is 0.277 e. The van der Waals surface area contributed by atoms with Gasteiger partial charge < -0.3 is 5.32 Å². The summed E-state index contributed by atoms with van der Waals surface area (Å²) in [7, 11) is -3.00. The molecule has 1 N–H and O–H groups in total. The normalized spacial score (nSPS) is 22.4. The van der Waals surface area contributed by atoms with Crippen LogP contribution in [0.1, 0.15) is 47.4 Å². The Morgan fingerprint density at radius 3 is 2.71 bits per heavy atom. The van der Waals surface area contributed by atoms with Crippen LogP contribution >= 0.6 is 0 Å². The Morgan fingerprint density at radius 1 is 1.25 bits per heavy atom. The third-order valence-corrected chi connectivity index (χ3v) is 6.20. The molecular weight excluding hydrogens is 328 g/mol. The van der Waals surface area contributed by atoms with Gasteiger partial charge in [0.1, 0.15) is 5.82 Å². The first kappa shape index (κ1) is 15.3. The van der Waals surface area contributed by atoms with E-state index >= 15 is 0 Å². The first-order chi connectivity index (χ1) is 11.5. The number of hydrogen-bond acceptors (Lipinski definition) is 5. The van der Waals surface area contributed by atoms with E-state index in [2.05, 4.69) is 15.4 Å².